The summed E-state index contributed by atoms with van der Waals surface area (Å²) in [6.45, 7) is 6.85. The van der Waals surface area contributed by atoms with Crippen LogP contribution in [-0.2, 0) is 22.7 Å². The van der Waals surface area contributed by atoms with Gasteiger partial charge in [-0.25, -0.2) is 5.01 Å². The van der Waals surface area contributed by atoms with Crippen LogP contribution in [0, 0.1) is 0 Å². The van der Waals surface area contributed by atoms with E-state index in [-0.39, 0.29) is 24.9 Å². The number of rotatable bonds is 10. The predicted molar refractivity (Wildman–Crippen MR) is 146 cm³/mol. The quantitative estimate of drug-likeness (QED) is 0.437. The number of hydrogen-bond acceptors (Lipinski definition) is 5. The molecule has 1 aliphatic heterocycles. The maximum Gasteiger partial charge on any atom is 0.250 e. The van der Waals surface area contributed by atoms with E-state index in [1.807, 2.05) is 53.5 Å². The molecular weight excluding hydrogens is 474 g/mol. The fourth-order valence-electron chi connectivity index (χ4n) is 4.50. The second-order valence-electron chi connectivity index (χ2n) is 9.38. The zero-order valence-corrected chi connectivity index (χ0v) is 21.9. The van der Waals surface area contributed by atoms with Crippen LogP contribution in [0.5, 0.6) is 0 Å². The summed E-state index contributed by atoms with van der Waals surface area (Å²) >= 11 is 6.42. The summed E-state index contributed by atoms with van der Waals surface area (Å²) in [4.78, 5) is 28.0. The minimum absolute atomic E-state index is 0.0540. The first-order chi connectivity index (χ1) is 17.3. The summed E-state index contributed by atoms with van der Waals surface area (Å²) in [6.07, 6.45) is 0. The number of anilines is 1. The molecule has 0 radical (unpaired) electrons. The van der Waals surface area contributed by atoms with Crippen LogP contribution in [0.15, 0.2) is 60.7 Å². The molecule has 0 atom stereocenters. The Morgan fingerprint density at radius 3 is 2.19 bits per heavy atom. The molecule has 36 heavy (non-hydrogen) atoms. The summed E-state index contributed by atoms with van der Waals surface area (Å²) < 4.78 is 0. The number of carbonyl (C=O) groups is 2. The lowest BCUT2D eigenvalue weighted by atomic mass is 10.1. The van der Waals surface area contributed by atoms with E-state index in [0.717, 1.165) is 16.5 Å². The molecule has 2 amide bonds. The highest BCUT2D eigenvalue weighted by molar-refractivity contribution is 6.36. The average molecular weight is 508 g/mol. The molecule has 0 bridgehead atoms. The van der Waals surface area contributed by atoms with Crippen molar-refractivity contribution in [1.82, 2.24) is 20.7 Å². The topological polar surface area (TPSA) is 67.9 Å². The largest absolute Gasteiger partial charge is 0.313 e. The molecule has 190 valence electrons. The number of nitrogens with one attached hydrogen (secondary N) is 2. The molecule has 0 aliphatic carbocycles. The maximum atomic E-state index is 13.4. The minimum Gasteiger partial charge on any atom is -0.313 e. The van der Waals surface area contributed by atoms with E-state index in [0.29, 0.717) is 37.2 Å². The number of hydrazine groups is 1. The number of amides is 2. The third-order valence-electron chi connectivity index (χ3n) is 6.49. The van der Waals surface area contributed by atoms with Gasteiger partial charge in [-0.15, -0.1) is 0 Å². The lowest BCUT2D eigenvalue weighted by molar-refractivity contribution is -0.145. The predicted octanol–water partition coefficient (Wildman–Crippen LogP) is 3.80. The molecular formula is C28H34ClN5O2. The number of halogens is 1. The van der Waals surface area contributed by atoms with E-state index in [2.05, 4.69) is 36.6 Å². The van der Waals surface area contributed by atoms with E-state index in [1.54, 1.807) is 17.0 Å². The Bertz CT molecular complexity index is 1210. The van der Waals surface area contributed by atoms with Crippen molar-refractivity contribution >= 4 is 39.9 Å². The Morgan fingerprint density at radius 1 is 0.917 bits per heavy atom. The fourth-order valence-corrected chi connectivity index (χ4v) is 4.73. The van der Waals surface area contributed by atoms with Gasteiger partial charge in [-0.1, -0.05) is 74.0 Å². The molecule has 0 saturated heterocycles. The van der Waals surface area contributed by atoms with Gasteiger partial charge < -0.3 is 10.2 Å². The number of fused-ring (bicyclic) bond motifs is 2. The highest BCUT2D eigenvalue weighted by Crippen LogP contribution is 2.32. The molecule has 3 aromatic carbocycles. The molecule has 0 unspecified atom stereocenters. The van der Waals surface area contributed by atoms with Crippen molar-refractivity contribution in [1.29, 1.82) is 0 Å². The molecule has 0 aromatic heterocycles. The summed E-state index contributed by atoms with van der Waals surface area (Å²) in [7, 11) is 1.78. The van der Waals surface area contributed by atoms with Gasteiger partial charge in [0, 0.05) is 55.1 Å². The normalized spacial score (nSPS) is 13.2. The Labute approximate surface area is 218 Å². The lowest BCUT2D eigenvalue weighted by Gasteiger charge is -2.28. The van der Waals surface area contributed by atoms with Gasteiger partial charge in [0.1, 0.15) is 0 Å². The minimum atomic E-state index is -0.0999. The van der Waals surface area contributed by atoms with Crippen LogP contribution in [0.2, 0.25) is 5.02 Å². The van der Waals surface area contributed by atoms with Gasteiger partial charge in [0.05, 0.1) is 18.8 Å². The van der Waals surface area contributed by atoms with Crippen LogP contribution < -0.4 is 15.5 Å². The fraction of sp³-hybridized carbons (Fsp3) is 0.357. The zero-order valence-electron chi connectivity index (χ0n) is 21.1. The molecule has 4 rings (SSSR count). The van der Waals surface area contributed by atoms with Crippen molar-refractivity contribution in [2.45, 2.75) is 33.0 Å². The van der Waals surface area contributed by atoms with E-state index in [9.17, 15) is 9.59 Å². The molecule has 2 N–H and O–H groups in total. The summed E-state index contributed by atoms with van der Waals surface area (Å²) in [5, 5.41) is 12.6. The molecule has 1 aliphatic rings. The molecule has 0 saturated carbocycles. The highest BCUT2D eigenvalue weighted by Gasteiger charge is 2.25. The van der Waals surface area contributed by atoms with Crippen LogP contribution in [0.4, 0.5) is 5.69 Å². The first kappa shape index (κ1) is 26.1. The Balaban J connectivity index is 1.40. The molecule has 1 heterocycles. The van der Waals surface area contributed by atoms with Gasteiger partial charge in [0.25, 0.3) is 5.91 Å². The molecule has 7 nitrogen and oxygen atoms in total. The Hall–Kier alpha value is -2.97. The number of nitrogens with zero attached hydrogens (tertiary/aromatic N) is 3. The summed E-state index contributed by atoms with van der Waals surface area (Å²) in [6, 6.07) is 20.1. The number of hydrogen-bond donors (Lipinski definition) is 2. The SMILES string of the molecule is CC(C)NCCN(C(=O)CNCC(=O)N(C)N1Cc2ccccc2C1)c1ccc(Cl)c2ccccc12. The Kier molecular flexibility index (Phi) is 8.59. The average Bonchev–Trinajstić information content (AvgIpc) is 3.31. The summed E-state index contributed by atoms with van der Waals surface area (Å²) in [5.74, 6) is -0.183. The van der Waals surface area contributed by atoms with Crippen LogP contribution in [-0.4, -0.2) is 61.1 Å². The van der Waals surface area contributed by atoms with Crippen molar-refractivity contribution in [3.8, 4) is 0 Å². The van der Waals surface area contributed by atoms with Gasteiger partial charge in [-0.05, 0) is 23.3 Å². The van der Waals surface area contributed by atoms with E-state index in [1.165, 1.54) is 11.1 Å². The second kappa shape index (κ2) is 11.8. The van der Waals surface area contributed by atoms with Crippen molar-refractivity contribution in [3.05, 3.63) is 76.8 Å². The van der Waals surface area contributed by atoms with Gasteiger partial charge in [0.15, 0.2) is 0 Å². The molecule has 3 aromatic rings. The summed E-state index contributed by atoms with van der Waals surface area (Å²) in [5.41, 5.74) is 3.29. The van der Waals surface area contributed by atoms with Gasteiger partial charge >= 0.3 is 0 Å². The number of benzene rings is 3. The van der Waals surface area contributed by atoms with Crippen molar-refractivity contribution in [2.24, 2.45) is 0 Å². The van der Waals surface area contributed by atoms with Crippen molar-refractivity contribution in [3.63, 3.8) is 0 Å². The maximum absolute atomic E-state index is 13.4. The van der Waals surface area contributed by atoms with Gasteiger partial charge in [0.2, 0.25) is 5.91 Å². The van der Waals surface area contributed by atoms with E-state index < -0.39 is 0 Å². The van der Waals surface area contributed by atoms with Gasteiger partial charge in [-0.3, -0.25) is 19.9 Å². The smallest absolute Gasteiger partial charge is 0.250 e. The Morgan fingerprint density at radius 2 is 1.53 bits per heavy atom. The van der Waals surface area contributed by atoms with E-state index >= 15 is 0 Å². The third kappa shape index (κ3) is 6.05. The molecule has 8 heteroatoms. The standard InChI is InChI=1S/C28H34ClN5O2/c1-20(2)31-14-15-34(26-13-12-25(29)23-10-6-7-11-24(23)26)28(36)17-30-16-27(35)32(3)33-18-21-8-4-5-9-22(21)19-33/h4-13,20,30-31H,14-19H2,1-3H3. The number of likely N-dealkylation sites (N-methyl/N-ethyl adjacent to an activating group) is 1. The molecule has 0 spiro atoms. The highest BCUT2D eigenvalue weighted by atomic mass is 35.5. The first-order valence-electron chi connectivity index (χ1n) is 12.3. The third-order valence-corrected chi connectivity index (χ3v) is 6.82. The lowest BCUT2D eigenvalue weighted by Crippen LogP contribution is -2.47. The number of carbonyl (C=O) groups excluding carboxylic acids is 2. The van der Waals surface area contributed by atoms with Crippen LogP contribution in [0.1, 0.15) is 25.0 Å². The zero-order chi connectivity index (χ0) is 25.7. The van der Waals surface area contributed by atoms with E-state index in [4.69, 9.17) is 11.6 Å². The van der Waals surface area contributed by atoms with Crippen molar-refractivity contribution < 1.29 is 9.59 Å². The van der Waals surface area contributed by atoms with Crippen LogP contribution >= 0.6 is 11.6 Å². The monoisotopic (exact) mass is 507 g/mol. The van der Waals surface area contributed by atoms with Gasteiger partial charge in [-0.2, -0.15) is 0 Å². The van der Waals surface area contributed by atoms with Crippen LogP contribution in [0.3, 0.4) is 0 Å². The second-order valence-corrected chi connectivity index (χ2v) is 9.79. The van der Waals surface area contributed by atoms with Crippen LogP contribution in [0.25, 0.3) is 10.8 Å². The molecule has 0 fully saturated rings. The van der Waals surface area contributed by atoms with Crippen molar-refractivity contribution in [2.75, 3.05) is 38.1 Å². The first-order valence-corrected chi connectivity index (χ1v) is 12.7.